The van der Waals surface area contributed by atoms with E-state index >= 15 is 0 Å². The third kappa shape index (κ3) is 2.09. The quantitative estimate of drug-likeness (QED) is 0.725. The summed E-state index contributed by atoms with van der Waals surface area (Å²) in [6.07, 6.45) is 7.55. The SMILES string of the molecule is C=C1N(C)c2ccccc2N1c1cncc(-c2cnn(C)c2)c1. The third-order valence-corrected chi connectivity index (χ3v) is 4.15. The molecule has 0 N–H and O–H groups in total. The van der Waals surface area contributed by atoms with Crippen molar-refractivity contribution >= 4 is 17.1 Å². The zero-order valence-corrected chi connectivity index (χ0v) is 13.1. The van der Waals surface area contributed by atoms with Gasteiger partial charge < -0.3 is 4.90 Å². The Morgan fingerprint density at radius 3 is 2.48 bits per heavy atom. The molecule has 5 heteroatoms. The fraction of sp³-hybridized carbons (Fsp3) is 0.111. The molecule has 0 atom stereocenters. The van der Waals surface area contributed by atoms with Crippen molar-refractivity contribution in [3.63, 3.8) is 0 Å². The maximum absolute atomic E-state index is 4.41. The predicted molar refractivity (Wildman–Crippen MR) is 92.6 cm³/mol. The second-order valence-electron chi connectivity index (χ2n) is 5.63. The molecule has 0 spiro atoms. The summed E-state index contributed by atoms with van der Waals surface area (Å²) in [4.78, 5) is 8.63. The standard InChI is InChI=1S/C18H17N5/c1-13-22(3)17-6-4-5-7-18(17)23(13)16-8-14(9-19-11-16)15-10-20-21(2)12-15/h4-12H,1H2,2-3H3. The van der Waals surface area contributed by atoms with Crippen molar-refractivity contribution < 1.29 is 0 Å². The molecule has 3 heterocycles. The number of anilines is 3. The van der Waals surface area contributed by atoms with Crippen LogP contribution in [0, 0.1) is 0 Å². The Morgan fingerprint density at radius 2 is 1.74 bits per heavy atom. The molecule has 0 radical (unpaired) electrons. The van der Waals surface area contributed by atoms with Crippen LogP contribution >= 0.6 is 0 Å². The number of benzene rings is 1. The van der Waals surface area contributed by atoms with Gasteiger partial charge in [0.05, 0.1) is 29.5 Å². The lowest BCUT2D eigenvalue weighted by Gasteiger charge is -2.21. The Labute approximate surface area is 135 Å². The van der Waals surface area contributed by atoms with Gasteiger partial charge in [-0.3, -0.25) is 14.6 Å². The number of aryl methyl sites for hydroxylation is 1. The van der Waals surface area contributed by atoms with Crippen molar-refractivity contribution in [1.82, 2.24) is 14.8 Å². The highest BCUT2D eigenvalue weighted by Crippen LogP contribution is 2.44. The van der Waals surface area contributed by atoms with Gasteiger partial charge in [-0.05, 0) is 18.2 Å². The number of fused-ring (bicyclic) bond motifs is 1. The van der Waals surface area contributed by atoms with Gasteiger partial charge in [-0.25, -0.2) is 0 Å². The van der Waals surface area contributed by atoms with E-state index in [1.165, 1.54) is 0 Å². The van der Waals surface area contributed by atoms with Crippen molar-refractivity contribution in [3.05, 3.63) is 67.5 Å². The van der Waals surface area contributed by atoms with Gasteiger partial charge in [-0.1, -0.05) is 18.7 Å². The molecule has 0 fully saturated rings. The fourth-order valence-electron chi connectivity index (χ4n) is 2.93. The molecule has 2 aromatic heterocycles. The Balaban J connectivity index is 1.81. The predicted octanol–water partition coefficient (Wildman–Crippen LogP) is 3.54. The summed E-state index contributed by atoms with van der Waals surface area (Å²) in [6.45, 7) is 4.22. The first-order chi connectivity index (χ1) is 11.1. The van der Waals surface area contributed by atoms with Crippen LogP contribution in [0.15, 0.2) is 67.5 Å². The molecule has 0 aliphatic carbocycles. The number of nitrogens with zero attached hydrogens (tertiary/aromatic N) is 5. The van der Waals surface area contributed by atoms with E-state index < -0.39 is 0 Å². The number of hydrogen-bond donors (Lipinski definition) is 0. The van der Waals surface area contributed by atoms with Crippen molar-refractivity contribution in [2.75, 3.05) is 16.8 Å². The molecule has 0 bridgehead atoms. The van der Waals surface area contributed by atoms with E-state index in [4.69, 9.17) is 0 Å². The van der Waals surface area contributed by atoms with Crippen molar-refractivity contribution in [2.24, 2.45) is 7.05 Å². The third-order valence-electron chi connectivity index (χ3n) is 4.15. The summed E-state index contributed by atoms with van der Waals surface area (Å²) in [7, 11) is 3.94. The number of para-hydroxylation sites is 2. The topological polar surface area (TPSA) is 37.2 Å². The molecule has 0 saturated carbocycles. The highest BCUT2D eigenvalue weighted by Gasteiger charge is 2.28. The molecule has 3 aromatic rings. The van der Waals surface area contributed by atoms with Gasteiger partial charge in [0.15, 0.2) is 0 Å². The number of hydrogen-bond acceptors (Lipinski definition) is 4. The van der Waals surface area contributed by atoms with Gasteiger partial charge >= 0.3 is 0 Å². The van der Waals surface area contributed by atoms with Crippen LogP contribution in [-0.2, 0) is 7.05 Å². The summed E-state index contributed by atoms with van der Waals surface area (Å²) in [6, 6.07) is 10.4. The molecule has 1 aromatic carbocycles. The van der Waals surface area contributed by atoms with Crippen LogP contribution in [0.3, 0.4) is 0 Å². The largest absolute Gasteiger partial charge is 0.329 e. The second kappa shape index (κ2) is 4.98. The summed E-state index contributed by atoms with van der Waals surface area (Å²) in [5.74, 6) is 0.913. The average molecular weight is 303 g/mol. The second-order valence-corrected chi connectivity index (χ2v) is 5.63. The summed E-state index contributed by atoms with van der Waals surface area (Å²) in [5, 5.41) is 4.23. The van der Waals surface area contributed by atoms with E-state index in [1.807, 2.05) is 51.0 Å². The maximum atomic E-state index is 4.41. The van der Waals surface area contributed by atoms with E-state index in [1.54, 1.807) is 4.68 Å². The van der Waals surface area contributed by atoms with Crippen LogP contribution in [0.25, 0.3) is 11.1 Å². The summed E-state index contributed by atoms with van der Waals surface area (Å²) >= 11 is 0. The van der Waals surface area contributed by atoms with Crippen LogP contribution in [-0.4, -0.2) is 21.8 Å². The average Bonchev–Trinajstić information content (AvgIpc) is 3.11. The molecule has 1 aliphatic rings. The van der Waals surface area contributed by atoms with Crippen LogP contribution in [0.4, 0.5) is 17.1 Å². The van der Waals surface area contributed by atoms with Crippen molar-refractivity contribution in [1.29, 1.82) is 0 Å². The van der Waals surface area contributed by atoms with E-state index in [0.717, 1.165) is 34.0 Å². The lowest BCUT2D eigenvalue weighted by molar-refractivity contribution is 0.768. The van der Waals surface area contributed by atoms with Crippen molar-refractivity contribution in [2.45, 2.75) is 0 Å². The number of pyridine rings is 1. The van der Waals surface area contributed by atoms with Gasteiger partial charge in [-0.2, -0.15) is 5.10 Å². The Hall–Kier alpha value is -3.08. The normalized spacial score (nSPS) is 13.6. The van der Waals surface area contributed by atoms with Crippen molar-refractivity contribution in [3.8, 4) is 11.1 Å². The van der Waals surface area contributed by atoms with E-state index in [-0.39, 0.29) is 0 Å². The zero-order valence-electron chi connectivity index (χ0n) is 13.1. The number of aromatic nitrogens is 3. The summed E-state index contributed by atoms with van der Waals surface area (Å²) < 4.78 is 1.79. The Bertz CT molecular complexity index is 896. The highest BCUT2D eigenvalue weighted by molar-refractivity contribution is 5.88. The minimum absolute atomic E-state index is 0.913. The molecule has 23 heavy (non-hydrogen) atoms. The minimum atomic E-state index is 0.913. The maximum Gasteiger partial charge on any atom is 0.110 e. The fourth-order valence-corrected chi connectivity index (χ4v) is 2.93. The van der Waals surface area contributed by atoms with Gasteiger partial charge in [0.25, 0.3) is 0 Å². The van der Waals surface area contributed by atoms with Crippen LogP contribution in [0.2, 0.25) is 0 Å². The molecule has 0 amide bonds. The molecule has 4 rings (SSSR count). The molecule has 0 unspecified atom stereocenters. The van der Waals surface area contributed by atoms with Crippen LogP contribution < -0.4 is 9.80 Å². The van der Waals surface area contributed by atoms with Gasteiger partial charge in [0.1, 0.15) is 5.82 Å². The minimum Gasteiger partial charge on any atom is -0.329 e. The first-order valence-corrected chi connectivity index (χ1v) is 7.41. The van der Waals surface area contributed by atoms with Crippen LogP contribution in [0.1, 0.15) is 0 Å². The van der Waals surface area contributed by atoms with E-state index in [0.29, 0.717) is 0 Å². The Kier molecular flexibility index (Phi) is 2.94. The van der Waals surface area contributed by atoms with Crippen LogP contribution in [0.5, 0.6) is 0 Å². The molecular weight excluding hydrogens is 286 g/mol. The zero-order chi connectivity index (χ0) is 16.0. The van der Waals surface area contributed by atoms with Gasteiger partial charge in [0, 0.05) is 37.6 Å². The smallest absolute Gasteiger partial charge is 0.110 e. The Morgan fingerprint density at radius 1 is 0.957 bits per heavy atom. The lowest BCUT2D eigenvalue weighted by atomic mass is 10.1. The first-order valence-electron chi connectivity index (χ1n) is 7.41. The molecular formula is C18H17N5. The van der Waals surface area contributed by atoms with E-state index in [9.17, 15) is 0 Å². The monoisotopic (exact) mass is 303 g/mol. The highest BCUT2D eigenvalue weighted by atomic mass is 15.4. The molecule has 5 nitrogen and oxygen atoms in total. The molecule has 1 aliphatic heterocycles. The first kappa shape index (κ1) is 13.6. The lowest BCUT2D eigenvalue weighted by Crippen LogP contribution is -2.20. The molecule has 0 saturated heterocycles. The number of rotatable bonds is 2. The summed E-state index contributed by atoms with van der Waals surface area (Å²) in [5.41, 5.74) is 5.34. The van der Waals surface area contributed by atoms with Gasteiger partial charge in [-0.15, -0.1) is 0 Å². The van der Waals surface area contributed by atoms with E-state index in [2.05, 4.69) is 44.7 Å². The van der Waals surface area contributed by atoms with Gasteiger partial charge in [0.2, 0.25) is 0 Å². The molecule has 114 valence electrons.